The summed E-state index contributed by atoms with van der Waals surface area (Å²) >= 11 is 0. The summed E-state index contributed by atoms with van der Waals surface area (Å²) in [7, 11) is 1.82. The summed E-state index contributed by atoms with van der Waals surface area (Å²) in [4.78, 5) is 12.5. The van der Waals surface area contributed by atoms with Crippen LogP contribution < -0.4 is 5.32 Å². The lowest BCUT2D eigenvalue weighted by atomic mass is 10.0. The predicted octanol–water partition coefficient (Wildman–Crippen LogP) is 2.74. The highest BCUT2D eigenvalue weighted by Crippen LogP contribution is 2.26. The number of rotatable bonds is 4. The summed E-state index contributed by atoms with van der Waals surface area (Å²) in [5.41, 5.74) is 2.77. The molecule has 0 aliphatic carbocycles. The van der Waals surface area contributed by atoms with Gasteiger partial charge in [0.2, 0.25) is 0 Å². The normalized spacial score (nSPS) is 11.7. The fourth-order valence-electron chi connectivity index (χ4n) is 2.64. The van der Waals surface area contributed by atoms with Crippen LogP contribution in [-0.2, 0) is 7.05 Å². The highest BCUT2D eigenvalue weighted by atomic mass is 16.3. The van der Waals surface area contributed by atoms with Crippen LogP contribution in [0.15, 0.2) is 48.5 Å². The van der Waals surface area contributed by atoms with Gasteiger partial charge < -0.3 is 10.4 Å². The van der Waals surface area contributed by atoms with E-state index in [0.29, 0.717) is 5.69 Å². The molecule has 0 atom stereocenters. The summed E-state index contributed by atoms with van der Waals surface area (Å²) in [5, 5.41) is 17.3. The third-order valence-corrected chi connectivity index (χ3v) is 4.02. The number of carbonyl (C=O) groups is 1. The van der Waals surface area contributed by atoms with Gasteiger partial charge in [0, 0.05) is 12.4 Å². The number of nitrogens with zero attached hydrogens (tertiary/aromatic N) is 2. The molecule has 3 aromatic rings. The molecule has 0 saturated heterocycles. The minimum Gasteiger partial charge on any atom is -0.394 e. The smallest absolute Gasteiger partial charge is 0.272 e. The van der Waals surface area contributed by atoms with Crippen LogP contribution in [-0.4, -0.2) is 32.9 Å². The molecule has 0 bridgehead atoms. The standard InChI is InChI=1S/C19H21N3O2/c1-19(2,12-23)20-18(24)17-15-10-9-14(11-16(15)22(3)21-17)13-7-5-4-6-8-13/h4-11,23H,12H2,1-3H3,(H,20,24). The van der Waals surface area contributed by atoms with Crippen molar-refractivity contribution < 1.29 is 9.90 Å². The van der Waals surface area contributed by atoms with Crippen molar-refractivity contribution in [3.05, 3.63) is 54.2 Å². The number of aliphatic hydroxyl groups is 1. The van der Waals surface area contributed by atoms with Gasteiger partial charge in [-0.3, -0.25) is 9.48 Å². The van der Waals surface area contributed by atoms with E-state index in [1.807, 2.05) is 43.4 Å². The Kier molecular flexibility index (Phi) is 4.11. The maximum atomic E-state index is 12.5. The minimum absolute atomic E-state index is 0.137. The zero-order valence-corrected chi connectivity index (χ0v) is 14.1. The Bertz CT molecular complexity index is 882. The molecule has 5 heteroatoms. The number of aliphatic hydroxyl groups excluding tert-OH is 1. The van der Waals surface area contributed by atoms with Crippen molar-refractivity contribution >= 4 is 16.8 Å². The van der Waals surface area contributed by atoms with Gasteiger partial charge in [-0.05, 0) is 37.1 Å². The van der Waals surface area contributed by atoms with Gasteiger partial charge in [-0.15, -0.1) is 0 Å². The van der Waals surface area contributed by atoms with E-state index in [1.165, 1.54) is 0 Å². The van der Waals surface area contributed by atoms with E-state index >= 15 is 0 Å². The average molecular weight is 323 g/mol. The fraction of sp³-hybridized carbons (Fsp3) is 0.263. The first-order valence-electron chi connectivity index (χ1n) is 7.87. The molecule has 0 aliphatic rings. The van der Waals surface area contributed by atoms with E-state index < -0.39 is 5.54 Å². The van der Waals surface area contributed by atoms with E-state index in [4.69, 9.17) is 0 Å². The Labute approximate surface area is 140 Å². The molecule has 0 radical (unpaired) electrons. The quantitative estimate of drug-likeness (QED) is 0.776. The zero-order valence-electron chi connectivity index (χ0n) is 14.1. The fourth-order valence-corrected chi connectivity index (χ4v) is 2.64. The molecular weight excluding hydrogens is 302 g/mol. The third-order valence-electron chi connectivity index (χ3n) is 4.02. The lowest BCUT2D eigenvalue weighted by Gasteiger charge is -2.22. The molecule has 2 N–H and O–H groups in total. The molecular formula is C19H21N3O2. The van der Waals surface area contributed by atoms with Crippen LogP contribution in [0, 0.1) is 0 Å². The van der Waals surface area contributed by atoms with Crippen molar-refractivity contribution in [3.8, 4) is 11.1 Å². The minimum atomic E-state index is -0.690. The average Bonchev–Trinajstić information content (AvgIpc) is 2.92. The Hall–Kier alpha value is -2.66. The Morgan fingerprint density at radius 2 is 1.88 bits per heavy atom. The second-order valence-corrected chi connectivity index (χ2v) is 6.57. The second-order valence-electron chi connectivity index (χ2n) is 6.57. The second kappa shape index (κ2) is 6.09. The van der Waals surface area contributed by atoms with Crippen molar-refractivity contribution in [1.29, 1.82) is 0 Å². The van der Waals surface area contributed by atoms with Gasteiger partial charge in [-0.25, -0.2) is 0 Å². The molecule has 1 amide bonds. The molecule has 0 fully saturated rings. The van der Waals surface area contributed by atoms with Crippen LogP contribution in [0.3, 0.4) is 0 Å². The van der Waals surface area contributed by atoms with Crippen LogP contribution in [0.4, 0.5) is 0 Å². The zero-order chi connectivity index (χ0) is 17.3. The molecule has 1 aromatic heterocycles. The number of amides is 1. The first kappa shape index (κ1) is 16.2. The van der Waals surface area contributed by atoms with E-state index in [-0.39, 0.29) is 12.5 Å². The molecule has 5 nitrogen and oxygen atoms in total. The lowest BCUT2D eigenvalue weighted by molar-refractivity contribution is 0.0865. The molecule has 124 valence electrons. The number of benzene rings is 2. The number of nitrogens with one attached hydrogen (secondary N) is 1. The van der Waals surface area contributed by atoms with Crippen molar-refractivity contribution in [1.82, 2.24) is 15.1 Å². The summed E-state index contributed by atoms with van der Waals surface area (Å²) < 4.78 is 1.71. The number of hydrogen-bond acceptors (Lipinski definition) is 3. The first-order chi connectivity index (χ1) is 11.4. The van der Waals surface area contributed by atoms with Crippen molar-refractivity contribution in [2.75, 3.05) is 6.61 Å². The molecule has 3 rings (SSSR count). The van der Waals surface area contributed by atoms with Gasteiger partial charge >= 0.3 is 0 Å². The monoisotopic (exact) mass is 323 g/mol. The van der Waals surface area contributed by atoms with Crippen LogP contribution in [0.2, 0.25) is 0 Å². The third kappa shape index (κ3) is 3.03. The van der Waals surface area contributed by atoms with E-state index in [1.54, 1.807) is 18.5 Å². The molecule has 1 heterocycles. The number of fused-ring (bicyclic) bond motifs is 1. The van der Waals surface area contributed by atoms with Crippen LogP contribution in [0.1, 0.15) is 24.3 Å². The molecule has 0 saturated carbocycles. The van der Waals surface area contributed by atoms with Crippen LogP contribution >= 0.6 is 0 Å². The number of hydrogen-bond donors (Lipinski definition) is 2. The van der Waals surface area contributed by atoms with Crippen molar-refractivity contribution in [2.45, 2.75) is 19.4 Å². The largest absolute Gasteiger partial charge is 0.394 e. The topological polar surface area (TPSA) is 67.2 Å². The van der Waals surface area contributed by atoms with Crippen LogP contribution in [0.25, 0.3) is 22.0 Å². The predicted molar refractivity (Wildman–Crippen MR) is 94.8 cm³/mol. The number of carbonyl (C=O) groups excluding carboxylic acids is 1. The molecule has 24 heavy (non-hydrogen) atoms. The maximum absolute atomic E-state index is 12.5. The summed E-state index contributed by atoms with van der Waals surface area (Å²) in [5.74, 6) is -0.285. The Balaban J connectivity index is 2.02. The summed E-state index contributed by atoms with van der Waals surface area (Å²) in [6.45, 7) is 3.40. The summed E-state index contributed by atoms with van der Waals surface area (Å²) in [6.07, 6.45) is 0. The molecule has 0 aliphatic heterocycles. The Morgan fingerprint density at radius 1 is 1.17 bits per heavy atom. The molecule has 0 unspecified atom stereocenters. The van der Waals surface area contributed by atoms with Gasteiger partial charge in [0.1, 0.15) is 0 Å². The van der Waals surface area contributed by atoms with Gasteiger partial charge in [0.05, 0.1) is 17.7 Å². The van der Waals surface area contributed by atoms with Crippen molar-refractivity contribution in [2.24, 2.45) is 7.05 Å². The highest BCUT2D eigenvalue weighted by molar-refractivity contribution is 6.05. The van der Waals surface area contributed by atoms with Crippen LogP contribution in [0.5, 0.6) is 0 Å². The lowest BCUT2D eigenvalue weighted by Crippen LogP contribution is -2.46. The van der Waals surface area contributed by atoms with Gasteiger partial charge in [0.25, 0.3) is 5.91 Å². The highest BCUT2D eigenvalue weighted by Gasteiger charge is 2.23. The number of aryl methyl sites for hydroxylation is 1. The Morgan fingerprint density at radius 3 is 2.54 bits per heavy atom. The first-order valence-corrected chi connectivity index (χ1v) is 7.87. The molecule has 2 aromatic carbocycles. The SMILES string of the molecule is Cn1nc(C(=O)NC(C)(C)CO)c2ccc(-c3ccccc3)cc21. The van der Waals surface area contributed by atoms with Gasteiger partial charge in [0.15, 0.2) is 5.69 Å². The van der Waals surface area contributed by atoms with E-state index in [0.717, 1.165) is 22.0 Å². The summed E-state index contributed by atoms with van der Waals surface area (Å²) in [6, 6.07) is 16.0. The van der Waals surface area contributed by atoms with Gasteiger partial charge in [-0.2, -0.15) is 5.10 Å². The van der Waals surface area contributed by atoms with E-state index in [9.17, 15) is 9.90 Å². The van der Waals surface area contributed by atoms with E-state index in [2.05, 4.69) is 22.5 Å². The van der Waals surface area contributed by atoms with Crippen molar-refractivity contribution in [3.63, 3.8) is 0 Å². The van der Waals surface area contributed by atoms with Gasteiger partial charge in [-0.1, -0.05) is 36.4 Å². The molecule has 0 spiro atoms. The number of aromatic nitrogens is 2. The maximum Gasteiger partial charge on any atom is 0.272 e.